The van der Waals surface area contributed by atoms with Gasteiger partial charge in [-0.05, 0) is 17.9 Å². The fourth-order valence-corrected chi connectivity index (χ4v) is 1.64. The highest BCUT2D eigenvalue weighted by atomic mass is 32.1. The minimum atomic E-state index is 0.794. The lowest BCUT2D eigenvalue weighted by molar-refractivity contribution is 0.318. The fraction of sp³-hybridized carbons (Fsp3) is 0.375. The molecule has 1 aromatic heterocycles. The highest BCUT2D eigenvalue weighted by Crippen LogP contribution is 2.12. The molecule has 0 saturated carbocycles. The average Bonchev–Trinajstić information content (AvgIpc) is 2.52. The lowest BCUT2D eigenvalue weighted by atomic mass is 10.2. The highest BCUT2D eigenvalue weighted by molar-refractivity contribution is 7.12. The molecule has 0 aliphatic carbocycles. The monoisotopic (exact) mass is 169 g/mol. The molecule has 0 bridgehead atoms. The van der Waals surface area contributed by atoms with Crippen LogP contribution in [-0.2, 0) is 0 Å². The van der Waals surface area contributed by atoms with Gasteiger partial charge in [-0.3, -0.25) is 0 Å². The summed E-state index contributed by atoms with van der Waals surface area (Å²) >= 11 is 1.60. The number of oxime groups is 1. The molecule has 60 valence electrons. The zero-order chi connectivity index (χ0) is 8.10. The Morgan fingerprint density at radius 1 is 1.73 bits per heavy atom. The number of nitrogens with zero attached hydrogens (tertiary/aromatic N) is 1. The molecule has 0 aliphatic heterocycles. The van der Waals surface area contributed by atoms with Gasteiger partial charge in [-0.2, -0.15) is 0 Å². The zero-order valence-electron chi connectivity index (χ0n) is 6.45. The van der Waals surface area contributed by atoms with Gasteiger partial charge in [-0.15, -0.1) is 11.3 Å². The average molecular weight is 169 g/mol. The summed E-state index contributed by atoms with van der Waals surface area (Å²) in [5, 5.41) is 13.9. The summed E-state index contributed by atoms with van der Waals surface area (Å²) in [5.74, 6) is 0. The van der Waals surface area contributed by atoms with Gasteiger partial charge in [-0.1, -0.05) is 24.6 Å². The van der Waals surface area contributed by atoms with Crippen LogP contribution in [-0.4, -0.2) is 10.9 Å². The van der Waals surface area contributed by atoms with E-state index in [0.717, 1.165) is 23.4 Å². The number of hydrogen-bond donors (Lipinski definition) is 1. The second-order valence-corrected chi connectivity index (χ2v) is 3.22. The molecule has 11 heavy (non-hydrogen) atoms. The van der Waals surface area contributed by atoms with Crippen molar-refractivity contribution in [3.8, 4) is 0 Å². The topological polar surface area (TPSA) is 32.6 Å². The third-order valence-corrected chi connectivity index (χ3v) is 2.33. The molecular weight excluding hydrogens is 158 g/mol. The summed E-state index contributed by atoms with van der Waals surface area (Å²) in [4.78, 5) is 1.06. The van der Waals surface area contributed by atoms with Crippen molar-refractivity contribution in [1.82, 2.24) is 0 Å². The van der Waals surface area contributed by atoms with E-state index in [-0.39, 0.29) is 0 Å². The minimum Gasteiger partial charge on any atom is -0.411 e. The van der Waals surface area contributed by atoms with E-state index in [2.05, 4.69) is 12.1 Å². The maximum absolute atomic E-state index is 8.62. The second-order valence-electron chi connectivity index (χ2n) is 2.27. The fourth-order valence-electron chi connectivity index (χ4n) is 0.902. The first-order valence-corrected chi connectivity index (χ1v) is 4.51. The Hall–Kier alpha value is -0.830. The highest BCUT2D eigenvalue weighted by Gasteiger charge is 2.02. The maximum atomic E-state index is 8.62. The molecule has 0 spiro atoms. The summed E-state index contributed by atoms with van der Waals surface area (Å²) in [6.45, 7) is 2.07. The molecule has 3 heteroatoms. The van der Waals surface area contributed by atoms with Gasteiger partial charge in [0.05, 0.1) is 10.6 Å². The van der Waals surface area contributed by atoms with Gasteiger partial charge in [0.1, 0.15) is 0 Å². The van der Waals surface area contributed by atoms with Crippen LogP contribution in [0.25, 0.3) is 0 Å². The van der Waals surface area contributed by atoms with Crippen molar-refractivity contribution < 1.29 is 5.21 Å². The first-order valence-electron chi connectivity index (χ1n) is 3.63. The molecule has 0 aromatic carbocycles. The molecule has 0 atom stereocenters. The summed E-state index contributed by atoms with van der Waals surface area (Å²) < 4.78 is 0. The summed E-state index contributed by atoms with van der Waals surface area (Å²) in [6, 6.07) is 3.93. The van der Waals surface area contributed by atoms with Crippen molar-refractivity contribution in [1.29, 1.82) is 0 Å². The van der Waals surface area contributed by atoms with E-state index in [9.17, 15) is 0 Å². The van der Waals surface area contributed by atoms with Crippen molar-refractivity contribution in [3.05, 3.63) is 22.4 Å². The van der Waals surface area contributed by atoms with Gasteiger partial charge in [0, 0.05) is 0 Å². The van der Waals surface area contributed by atoms with Crippen LogP contribution in [0.1, 0.15) is 24.6 Å². The van der Waals surface area contributed by atoms with Gasteiger partial charge in [-0.25, -0.2) is 0 Å². The van der Waals surface area contributed by atoms with Crippen molar-refractivity contribution in [3.63, 3.8) is 0 Å². The molecule has 1 N–H and O–H groups in total. The molecule has 0 aliphatic rings. The van der Waals surface area contributed by atoms with E-state index in [4.69, 9.17) is 5.21 Å². The predicted octanol–water partition coefficient (Wildman–Crippen LogP) is 2.73. The van der Waals surface area contributed by atoms with E-state index >= 15 is 0 Å². The van der Waals surface area contributed by atoms with Crippen molar-refractivity contribution >= 4 is 17.0 Å². The van der Waals surface area contributed by atoms with E-state index < -0.39 is 0 Å². The van der Waals surface area contributed by atoms with Crippen molar-refractivity contribution in [2.24, 2.45) is 5.16 Å². The molecule has 0 fully saturated rings. The summed E-state index contributed by atoms with van der Waals surface area (Å²) in [7, 11) is 0. The van der Waals surface area contributed by atoms with E-state index in [1.165, 1.54) is 0 Å². The molecule has 2 nitrogen and oxygen atoms in total. The SMILES string of the molecule is CCCC(=NO)c1cccs1. The van der Waals surface area contributed by atoms with Crippen molar-refractivity contribution in [2.75, 3.05) is 0 Å². The second kappa shape index (κ2) is 4.13. The Labute approximate surface area is 70.2 Å². The van der Waals surface area contributed by atoms with Crippen LogP contribution in [0.5, 0.6) is 0 Å². The van der Waals surface area contributed by atoms with Crippen LogP contribution in [0, 0.1) is 0 Å². The lowest BCUT2D eigenvalue weighted by Gasteiger charge is -1.96. The van der Waals surface area contributed by atoms with Crippen molar-refractivity contribution in [2.45, 2.75) is 19.8 Å². The summed E-state index contributed by atoms with van der Waals surface area (Å²) in [5.41, 5.74) is 0.794. The predicted molar refractivity (Wildman–Crippen MR) is 47.6 cm³/mol. The number of rotatable bonds is 3. The van der Waals surface area contributed by atoms with Crippen LogP contribution in [0.3, 0.4) is 0 Å². The Morgan fingerprint density at radius 2 is 2.55 bits per heavy atom. The first-order chi connectivity index (χ1) is 5.38. The van der Waals surface area contributed by atoms with Gasteiger partial charge in [0.15, 0.2) is 0 Å². The third-order valence-electron chi connectivity index (χ3n) is 1.41. The minimum absolute atomic E-state index is 0.794. The van der Waals surface area contributed by atoms with Crippen LogP contribution < -0.4 is 0 Å². The normalized spacial score (nSPS) is 11.9. The zero-order valence-corrected chi connectivity index (χ0v) is 7.27. The smallest absolute Gasteiger partial charge is 0.0967 e. The van der Waals surface area contributed by atoms with Gasteiger partial charge < -0.3 is 5.21 Å². The first kappa shape index (κ1) is 8.27. The Morgan fingerprint density at radius 3 is 3.00 bits per heavy atom. The Bertz CT molecular complexity index is 228. The van der Waals surface area contributed by atoms with Crippen LogP contribution in [0.15, 0.2) is 22.7 Å². The third kappa shape index (κ3) is 2.05. The molecular formula is C8H11NOS. The van der Waals surface area contributed by atoms with Gasteiger partial charge in [0.25, 0.3) is 0 Å². The molecule has 0 saturated heterocycles. The molecule has 1 heterocycles. The molecule has 1 aromatic rings. The van der Waals surface area contributed by atoms with Crippen LogP contribution in [0.4, 0.5) is 0 Å². The van der Waals surface area contributed by atoms with Gasteiger partial charge >= 0.3 is 0 Å². The molecule has 0 unspecified atom stereocenters. The standard InChI is InChI=1S/C8H11NOS/c1-2-4-7(9-10)8-5-3-6-11-8/h3,5-6,10H,2,4H2,1H3. The van der Waals surface area contributed by atoms with E-state index in [1.807, 2.05) is 17.5 Å². The van der Waals surface area contributed by atoms with E-state index in [1.54, 1.807) is 11.3 Å². The maximum Gasteiger partial charge on any atom is 0.0967 e. The summed E-state index contributed by atoms with van der Waals surface area (Å²) in [6.07, 6.45) is 1.86. The van der Waals surface area contributed by atoms with Crippen LogP contribution >= 0.6 is 11.3 Å². The molecule has 1 rings (SSSR count). The van der Waals surface area contributed by atoms with Gasteiger partial charge in [0.2, 0.25) is 0 Å². The Balaban J connectivity index is 2.72. The lowest BCUT2D eigenvalue weighted by Crippen LogP contribution is -1.96. The largest absolute Gasteiger partial charge is 0.411 e. The molecule has 0 amide bonds. The van der Waals surface area contributed by atoms with E-state index in [0.29, 0.717) is 0 Å². The number of thiophene rings is 1. The number of hydrogen-bond acceptors (Lipinski definition) is 3. The molecule has 0 radical (unpaired) electrons. The van der Waals surface area contributed by atoms with Crippen LogP contribution in [0.2, 0.25) is 0 Å². The Kier molecular flexibility index (Phi) is 3.11. The quantitative estimate of drug-likeness (QED) is 0.421.